The van der Waals surface area contributed by atoms with Crippen molar-refractivity contribution in [2.45, 2.75) is 31.6 Å². The Bertz CT molecular complexity index is 665. The van der Waals surface area contributed by atoms with E-state index in [1.165, 1.54) is 31.2 Å². The van der Waals surface area contributed by atoms with Gasteiger partial charge in [0, 0.05) is 0 Å². The molecule has 124 valence electrons. The number of hydrogen-bond donors (Lipinski definition) is 0. The van der Waals surface area contributed by atoms with Crippen LogP contribution in [0.4, 0.5) is 26.3 Å². The first kappa shape index (κ1) is 17.4. The van der Waals surface area contributed by atoms with Gasteiger partial charge in [-0.15, -0.1) is 0 Å². The van der Waals surface area contributed by atoms with Crippen molar-refractivity contribution < 1.29 is 26.3 Å². The fourth-order valence-corrected chi connectivity index (χ4v) is 2.66. The van der Waals surface area contributed by atoms with Crippen molar-refractivity contribution >= 4 is 0 Å². The Kier molecular flexibility index (Phi) is 4.22. The molecule has 0 nitrogen and oxygen atoms in total. The summed E-state index contributed by atoms with van der Waals surface area (Å²) in [5.41, 5.74) is -4.82. The maximum atomic E-state index is 13.8. The van der Waals surface area contributed by atoms with Gasteiger partial charge in [0.25, 0.3) is 0 Å². The number of aryl methyl sites for hydroxylation is 2. The molecule has 23 heavy (non-hydrogen) atoms. The Balaban J connectivity index is 2.90. The second-order valence-corrected chi connectivity index (χ2v) is 5.48. The highest BCUT2D eigenvalue weighted by atomic mass is 19.4. The van der Waals surface area contributed by atoms with Crippen LogP contribution in [0.5, 0.6) is 0 Å². The van der Waals surface area contributed by atoms with E-state index < -0.39 is 28.9 Å². The molecule has 0 aliphatic rings. The van der Waals surface area contributed by atoms with Crippen LogP contribution in [-0.2, 0) is 5.41 Å². The third-order valence-electron chi connectivity index (χ3n) is 3.79. The minimum atomic E-state index is -5.53. The summed E-state index contributed by atoms with van der Waals surface area (Å²) in [6.07, 6.45) is -11.1. The summed E-state index contributed by atoms with van der Waals surface area (Å²) >= 11 is 0. The van der Waals surface area contributed by atoms with Gasteiger partial charge in [-0.05, 0) is 25.0 Å². The lowest BCUT2D eigenvalue weighted by atomic mass is 9.72. The highest BCUT2D eigenvalue weighted by Gasteiger charge is 2.72. The van der Waals surface area contributed by atoms with E-state index in [0.717, 1.165) is 24.3 Å². The van der Waals surface area contributed by atoms with Crippen LogP contribution >= 0.6 is 0 Å². The van der Waals surface area contributed by atoms with Crippen molar-refractivity contribution in [1.29, 1.82) is 0 Å². The Morgan fingerprint density at radius 1 is 0.609 bits per heavy atom. The van der Waals surface area contributed by atoms with Gasteiger partial charge in [-0.2, -0.15) is 26.3 Å². The van der Waals surface area contributed by atoms with Crippen molar-refractivity contribution in [3.63, 3.8) is 0 Å². The molecule has 0 fully saturated rings. The fraction of sp³-hybridized carbons (Fsp3) is 0.294. The molecule has 0 spiro atoms. The smallest absolute Gasteiger partial charge is 0.169 e. The molecule has 0 heterocycles. The minimum absolute atomic E-state index is 0.326. The summed E-state index contributed by atoms with van der Waals surface area (Å²) in [5, 5.41) is 0. The molecule has 6 heteroatoms. The predicted molar refractivity (Wildman–Crippen MR) is 75.2 cm³/mol. The molecule has 0 N–H and O–H groups in total. The topological polar surface area (TPSA) is 0 Å². The van der Waals surface area contributed by atoms with E-state index >= 15 is 0 Å². The van der Waals surface area contributed by atoms with Crippen LogP contribution in [-0.4, -0.2) is 12.4 Å². The third-order valence-corrected chi connectivity index (χ3v) is 3.79. The first-order chi connectivity index (χ1) is 10.5. The monoisotopic (exact) mass is 332 g/mol. The molecule has 0 aromatic heterocycles. The van der Waals surface area contributed by atoms with E-state index in [1.54, 1.807) is 6.92 Å². The second-order valence-electron chi connectivity index (χ2n) is 5.48. The van der Waals surface area contributed by atoms with Crippen molar-refractivity contribution in [2.75, 3.05) is 0 Å². The van der Waals surface area contributed by atoms with Crippen LogP contribution in [0, 0.1) is 13.8 Å². The molecular weight excluding hydrogens is 318 g/mol. The van der Waals surface area contributed by atoms with Gasteiger partial charge in [0.1, 0.15) is 0 Å². The lowest BCUT2D eigenvalue weighted by molar-refractivity contribution is -0.288. The first-order valence-corrected chi connectivity index (χ1v) is 6.78. The summed E-state index contributed by atoms with van der Waals surface area (Å²) in [6, 6.07) is 8.72. The summed E-state index contributed by atoms with van der Waals surface area (Å²) in [4.78, 5) is 0. The zero-order chi connectivity index (χ0) is 17.5. The Hall–Kier alpha value is -1.98. The molecule has 0 atom stereocenters. The number of benzene rings is 2. The molecule has 2 aromatic carbocycles. The first-order valence-electron chi connectivity index (χ1n) is 6.78. The highest BCUT2D eigenvalue weighted by molar-refractivity contribution is 5.45. The largest absolute Gasteiger partial charge is 0.411 e. The molecule has 2 aromatic rings. The van der Waals surface area contributed by atoms with Crippen molar-refractivity contribution in [2.24, 2.45) is 0 Å². The molecule has 0 radical (unpaired) electrons. The molecule has 0 unspecified atom stereocenters. The van der Waals surface area contributed by atoms with E-state index in [2.05, 4.69) is 0 Å². The van der Waals surface area contributed by atoms with Gasteiger partial charge in [-0.3, -0.25) is 0 Å². The molecule has 2 rings (SSSR count). The molecule has 0 amide bonds. The van der Waals surface area contributed by atoms with Gasteiger partial charge in [0.05, 0.1) is 0 Å². The minimum Gasteiger partial charge on any atom is -0.169 e. The van der Waals surface area contributed by atoms with Crippen molar-refractivity contribution in [3.8, 4) is 0 Å². The average molecular weight is 332 g/mol. The normalized spacial score (nSPS) is 13.2. The van der Waals surface area contributed by atoms with Crippen LogP contribution in [0.1, 0.15) is 22.3 Å². The highest BCUT2D eigenvalue weighted by Crippen LogP contribution is 2.56. The number of rotatable bonds is 2. The van der Waals surface area contributed by atoms with Crippen LogP contribution in [0.3, 0.4) is 0 Å². The molecule has 0 saturated heterocycles. The van der Waals surface area contributed by atoms with Gasteiger partial charge in [0.15, 0.2) is 0 Å². The second kappa shape index (κ2) is 5.58. The molecule has 0 bridgehead atoms. The van der Waals surface area contributed by atoms with Crippen molar-refractivity contribution in [1.82, 2.24) is 0 Å². The SMILES string of the molecule is Cc1ccc(C(c2cccc(C)c2)(C(F)(F)F)C(F)(F)F)cc1. The van der Waals surface area contributed by atoms with E-state index in [4.69, 9.17) is 0 Å². The summed E-state index contributed by atoms with van der Waals surface area (Å²) in [6.45, 7) is 3.05. The predicted octanol–water partition coefficient (Wildman–Crippen LogP) is 5.71. The number of hydrogen-bond acceptors (Lipinski definition) is 0. The Labute approximate surface area is 129 Å². The van der Waals surface area contributed by atoms with Gasteiger partial charge in [-0.25, -0.2) is 0 Å². The van der Waals surface area contributed by atoms with Crippen LogP contribution in [0.15, 0.2) is 48.5 Å². The molecule has 0 aliphatic heterocycles. The van der Waals surface area contributed by atoms with Gasteiger partial charge >= 0.3 is 12.4 Å². The van der Waals surface area contributed by atoms with Crippen LogP contribution in [0.25, 0.3) is 0 Å². The maximum Gasteiger partial charge on any atom is 0.411 e. The van der Waals surface area contributed by atoms with E-state index in [0.29, 0.717) is 11.1 Å². The van der Waals surface area contributed by atoms with E-state index in [9.17, 15) is 26.3 Å². The van der Waals surface area contributed by atoms with E-state index in [1.807, 2.05) is 0 Å². The van der Waals surface area contributed by atoms with Gasteiger partial charge in [0.2, 0.25) is 5.41 Å². The van der Waals surface area contributed by atoms with Crippen LogP contribution < -0.4 is 0 Å². The number of halogens is 6. The molecular formula is C17H14F6. The van der Waals surface area contributed by atoms with Crippen molar-refractivity contribution in [3.05, 3.63) is 70.8 Å². The van der Waals surface area contributed by atoms with E-state index in [-0.39, 0.29) is 0 Å². The lowest BCUT2D eigenvalue weighted by Crippen LogP contribution is -2.54. The average Bonchev–Trinajstić information content (AvgIpc) is 2.38. The lowest BCUT2D eigenvalue weighted by Gasteiger charge is -2.38. The number of alkyl halides is 6. The van der Waals surface area contributed by atoms with Gasteiger partial charge < -0.3 is 0 Å². The fourth-order valence-electron chi connectivity index (χ4n) is 2.66. The summed E-state index contributed by atoms with van der Waals surface area (Å²) < 4.78 is 82.5. The zero-order valence-corrected chi connectivity index (χ0v) is 12.4. The van der Waals surface area contributed by atoms with Gasteiger partial charge in [-0.1, -0.05) is 59.7 Å². The Morgan fingerprint density at radius 2 is 1.13 bits per heavy atom. The Morgan fingerprint density at radius 3 is 1.57 bits per heavy atom. The third kappa shape index (κ3) is 2.82. The quantitative estimate of drug-likeness (QED) is 0.618. The molecule has 0 aliphatic carbocycles. The summed E-state index contributed by atoms with van der Waals surface area (Å²) in [7, 11) is 0. The zero-order valence-electron chi connectivity index (χ0n) is 12.4. The standard InChI is InChI=1S/C17H14F6/c1-11-6-8-13(9-7-11)15(16(18,19)20,17(21,22)23)14-5-3-4-12(2)10-14/h3-10H,1-2H3. The molecule has 0 saturated carbocycles. The summed E-state index contributed by atoms with van der Waals surface area (Å²) in [5.74, 6) is 0. The maximum absolute atomic E-state index is 13.8. The van der Waals surface area contributed by atoms with Crippen LogP contribution in [0.2, 0.25) is 0 Å².